The van der Waals surface area contributed by atoms with Crippen LogP contribution in [0.5, 0.6) is 0 Å². The van der Waals surface area contributed by atoms with Gasteiger partial charge >= 0.3 is 5.97 Å². The molecule has 0 unspecified atom stereocenters. The van der Waals surface area contributed by atoms with Crippen molar-refractivity contribution in [3.05, 3.63) is 0 Å². The third-order valence-corrected chi connectivity index (χ3v) is 4.24. The van der Waals surface area contributed by atoms with E-state index in [2.05, 4.69) is 6.92 Å². The maximum atomic E-state index is 10.4. The summed E-state index contributed by atoms with van der Waals surface area (Å²) in [7, 11) is 0. The summed E-state index contributed by atoms with van der Waals surface area (Å²) in [4.78, 5) is 10.4. The monoisotopic (exact) mass is 332 g/mol. The van der Waals surface area contributed by atoms with Crippen molar-refractivity contribution in [2.75, 3.05) is 0 Å². The maximum Gasteiger partial charge on any atom is 0.303 e. The average molecular weight is 332 g/mol. The summed E-state index contributed by atoms with van der Waals surface area (Å²) in [6, 6.07) is 0. The molecule has 3 atom stereocenters. The first-order valence-corrected chi connectivity index (χ1v) is 9.23. The van der Waals surface area contributed by atoms with Crippen molar-refractivity contribution in [2.45, 2.75) is 109 Å². The number of carboxylic acid groups (broad SMARTS) is 1. The SMILES string of the molecule is CCCCCC[C@H](O)C[C@H](O)[C@H](O)CCCCCCCC(=O)O. The number of carbonyl (C=O) groups is 1. The Morgan fingerprint density at radius 1 is 0.783 bits per heavy atom. The van der Waals surface area contributed by atoms with Crippen LogP contribution in [0.2, 0.25) is 0 Å². The zero-order chi connectivity index (χ0) is 17.5. The van der Waals surface area contributed by atoms with E-state index in [1.54, 1.807) is 0 Å². The molecule has 23 heavy (non-hydrogen) atoms. The molecule has 0 rings (SSSR count). The fraction of sp³-hybridized carbons (Fsp3) is 0.944. The smallest absolute Gasteiger partial charge is 0.303 e. The van der Waals surface area contributed by atoms with E-state index in [9.17, 15) is 20.1 Å². The number of hydrogen-bond acceptors (Lipinski definition) is 4. The average Bonchev–Trinajstić information content (AvgIpc) is 2.50. The zero-order valence-electron chi connectivity index (χ0n) is 14.6. The quantitative estimate of drug-likeness (QED) is 0.325. The van der Waals surface area contributed by atoms with E-state index in [-0.39, 0.29) is 12.8 Å². The summed E-state index contributed by atoms with van der Waals surface area (Å²) in [6.45, 7) is 2.14. The normalized spacial score (nSPS) is 15.3. The highest BCUT2D eigenvalue weighted by Crippen LogP contribution is 2.15. The molecule has 4 N–H and O–H groups in total. The molecule has 0 fully saturated rings. The highest BCUT2D eigenvalue weighted by atomic mass is 16.4. The van der Waals surface area contributed by atoms with Crippen LogP contribution in [0.3, 0.4) is 0 Å². The molecule has 0 amide bonds. The fourth-order valence-electron chi connectivity index (χ4n) is 2.71. The van der Waals surface area contributed by atoms with Crippen LogP contribution in [-0.2, 0) is 4.79 Å². The Morgan fingerprint density at radius 2 is 1.35 bits per heavy atom. The fourth-order valence-corrected chi connectivity index (χ4v) is 2.71. The Bertz CT molecular complexity index is 283. The van der Waals surface area contributed by atoms with Gasteiger partial charge in [-0.2, -0.15) is 0 Å². The van der Waals surface area contributed by atoms with Gasteiger partial charge in [-0.25, -0.2) is 0 Å². The number of aliphatic hydroxyl groups excluding tert-OH is 3. The Morgan fingerprint density at radius 3 is 2.00 bits per heavy atom. The van der Waals surface area contributed by atoms with E-state index in [0.29, 0.717) is 19.3 Å². The molecular weight excluding hydrogens is 296 g/mol. The Kier molecular flexibility index (Phi) is 14.5. The summed E-state index contributed by atoms with van der Waals surface area (Å²) in [5.41, 5.74) is 0. The van der Waals surface area contributed by atoms with E-state index in [1.807, 2.05) is 0 Å². The molecule has 0 aromatic rings. The van der Waals surface area contributed by atoms with E-state index >= 15 is 0 Å². The summed E-state index contributed by atoms with van der Waals surface area (Å²) >= 11 is 0. The second kappa shape index (κ2) is 14.9. The first kappa shape index (κ1) is 22.4. The van der Waals surface area contributed by atoms with E-state index < -0.39 is 24.3 Å². The second-order valence-electron chi connectivity index (χ2n) is 6.57. The van der Waals surface area contributed by atoms with Gasteiger partial charge in [-0.15, -0.1) is 0 Å². The maximum absolute atomic E-state index is 10.4. The van der Waals surface area contributed by atoms with Gasteiger partial charge in [0.2, 0.25) is 0 Å². The summed E-state index contributed by atoms with van der Waals surface area (Å²) < 4.78 is 0. The molecule has 138 valence electrons. The lowest BCUT2D eigenvalue weighted by molar-refractivity contribution is -0.137. The van der Waals surface area contributed by atoms with Crippen LogP contribution in [0.25, 0.3) is 0 Å². The molecule has 0 aliphatic carbocycles. The van der Waals surface area contributed by atoms with Gasteiger partial charge in [0.15, 0.2) is 0 Å². The Balaban J connectivity index is 3.57. The summed E-state index contributed by atoms with van der Waals surface area (Å²) in [6.07, 6.45) is 8.21. The van der Waals surface area contributed by atoms with Gasteiger partial charge in [0.05, 0.1) is 18.3 Å². The second-order valence-corrected chi connectivity index (χ2v) is 6.57. The Hall–Kier alpha value is -0.650. The zero-order valence-corrected chi connectivity index (χ0v) is 14.6. The van der Waals surface area contributed by atoms with Crippen molar-refractivity contribution < 1.29 is 25.2 Å². The molecular formula is C18H36O5. The van der Waals surface area contributed by atoms with Crippen molar-refractivity contribution >= 4 is 5.97 Å². The van der Waals surface area contributed by atoms with E-state index in [4.69, 9.17) is 5.11 Å². The topological polar surface area (TPSA) is 98.0 Å². The number of aliphatic carboxylic acids is 1. The number of carboxylic acids is 1. The number of hydrogen-bond donors (Lipinski definition) is 4. The molecule has 5 heteroatoms. The third kappa shape index (κ3) is 14.7. The first-order valence-electron chi connectivity index (χ1n) is 9.23. The third-order valence-electron chi connectivity index (χ3n) is 4.24. The van der Waals surface area contributed by atoms with Gasteiger partial charge in [-0.1, -0.05) is 58.3 Å². The van der Waals surface area contributed by atoms with E-state index in [1.165, 1.54) is 6.42 Å². The highest BCUT2D eigenvalue weighted by Gasteiger charge is 2.19. The molecule has 0 aliphatic heterocycles. The lowest BCUT2D eigenvalue weighted by Gasteiger charge is -2.20. The highest BCUT2D eigenvalue weighted by molar-refractivity contribution is 5.66. The van der Waals surface area contributed by atoms with Crippen molar-refractivity contribution in [3.8, 4) is 0 Å². The van der Waals surface area contributed by atoms with Crippen LogP contribution < -0.4 is 0 Å². The van der Waals surface area contributed by atoms with Crippen LogP contribution in [0.1, 0.15) is 90.4 Å². The predicted octanol–water partition coefficient (Wildman–Crippen LogP) is 3.24. The predicted molar refractivity (Wildman–Crippen MR) is 91.4 cm³/mol. The molecule has 0 radical (unpaired) electrons. The molecule has 0 heterocycles. The molecule has 0 aromatic carbocycles. The van der Waals surface area contributed by atoms with Gasteiger partial charge < -0.3 is 20.4 Å². The van der Waals surface area contributed by atoms with Crippen LogP contribution in [-0.4, -0.2) is 44.7 Å². The van der Waals surface area contributed by atoms with Gasteiger partial charge in [0.1, 0.15) is 0 Å². The van der Waals surface area contributed by atoms with Gasteiger partial charge in [0, 0.05) is 12.8 Å². The van der Waals surface area contributed by atoms with Crippen molar-refractivity contribution in [3.63, 3.8) is 0 Å². The molecule has 0 aromatic heterocycles. The van der Waals surface area contributed by atoms with E-state index in [0.717, 1.165) is 44.9 Å². The van der Waals surface area contributed by atoms with Crippen molar-refractivity contribution in [1.29, 1.82) is 0 Å². The lowest BCUT2D eigenvalue weighted by Crippen LogP contribution is -2.30. The molecule has 0 saturated heterocycles. The number of aliphatic hydroxyl groups is 3. The summed E-state index contributed by atoms with van der Waals surface area (Å²) in [5, 5.41) is 38.2. The molecule has 5 nitrogen and oxygen atoms in total. The molecule has 0 aliphatic rings. The van der Waals surface area contributed by atoms with Crippen LogP contribution >= 0.6 is 0 Å². The minimum Gasteiger partial charge on any atom is -0.481 e. The van der Waals surface area contributed by atoms with Crippen molar-refractivity contribution in [1.82, 2.24) is 0 Å². The summed E-state index contributed by atoms with van der Waals surface area (Å²) in [5.74, 6) is -0.753. The minimum atomic E-state index is -0.858. The Labute approximate surface area is 140 Å². The van der Waals surface area contributed by atoms with Gasteiger partial charge in [0.25, 0.3) is 0 Å². The van der Waals surface area contributed by atoms with Crippen molar-refractivity contribution in [2.24, 2.45) is 0 Å². The van der Waals surface area contributed by atoms with Crippen LogP contribution in [0.4, 0.5) is 0 Å². The standard InChI is InChI=1S/C18H36O5/c1-2-3-4-8-11-15(19)14-17(21)16(20)12-9-6-5-7-10-13-18(22)23/h15-17,19-21H,2-14H2,1H3,(H,22,23)/t15-,16+,17-/m0/s1. The van der Waals surface area contributed by atoms with Gasteiger partial charge in [-0.3, -0.25) is 4.79 Å². The largest absolute Gasteiger partial charge is 0.481 e. The number of rotatable bonds is 16. The van der Waals surface area contributed by atoms with Gasteiger partial charge in [-0.05, 0) is 19.3 Å². The minimum absolute atomic E-state index is 0.220. The molecule has 0 bridgehead atoms. The molecule has 0 spiro atoms. The number of unbranched alkanes of at least 4 members (excludes halogenated alkanes) is 7. The lowest BCUT2D eigenvalue weighted by atomic mass is 9.98. The van der Waals surface area contributed by atoms with Crippen LogP contribution in [0.15, 0.2) is 0 Å². The first-order chi connectivity index (χ1) is 11.0. The van der Waals surface area contributed by atoms with Crippen LogP contribution in [0, 0.1) is 0 Å². The molecule has 0 saturated carbocycles.